The highest BCUT2D eigenvalue weighted by molar-refractivity contribution is 6.32. The van der Waals surface area contributed by atoms with E-state index in [2.05, 4.69) is 33.6 Å². The zero-order valence-corrected chi connectivity index (χ0v) is 18.3. The molecule has 0 atom stereocenters. The number of anilines is 1. The first-order valence-corrected chi connectivity index (χ1v) is 10.7. The highest BCUT2D eigenvalue weighted by atomic mass is 35.5. The first kappa shape index (κ1) is 20.1. The Kier molecular flexibility index (Phi) is 5.48. The van der Waals surface area contributed by atoms with E-state index in [1.165, 1.54) is 0 Å². The number of rotatable bonds is 6. The van der Waals surface area contributed by atoms with Gasteiger partial charge in [-0.25, -0.2) is 9.97 Å². The second-order valence-electron chi connectivity index (χ2n) is 7.35. The van der Waals surface area contributed by atoms with Crippen molar-refractivity contribution in [1.29, 1.82) is 0 Å². The van der Waals surface area contributed by atoms with E-state index in [0.29, 0.717) is 11.6 Å². The van der Waals surface area contributed by atoms with Crippen molar-refractivity contribution in [2.75, 3.05) is 12.4 Å². The molecule has 0 amide bonds. The summed E-state index contributed by atoms with van der Waals surface area (Å²) in [6.07, 6.45) is 3.66. The van der Waals surface area contributed by atoms with Crippen molar-refractivity contribution in [2.45, 2.75) is 6.54 Å². The molecule has 0 aliphatic rings. The zero-order valence-electron chi connectivity index (χ0n) is 17.5. The van der Waals surface area contributed by atoms with Crippen molar-refractivity contribution < 1.29 is 4.74 Å². The Balaban J connectivity index is 1.63. The number of hydrogen-bond donors (Lipinski definition) is 1. The summed E-state index contributed by atoms with van der Waals surface area (Å²) in [5, 5.41) is 5.11. The Morgan fingerprint density at radius 3 is 2.41 bits per heavy atom. The van der Waals surface area contributed by atoms with Crippen LogP contribution in [-0.2, 0) is 6.54 Å². The van der Waals surface area contributed by atoms with E-state index in [1.54, 1.807) is 13.4 Å². The summed E-state index contributed by atoms with van der Waals surface area (Å²) in [5.41, 5.74) is 4.93. The minimum Gasteiger partial charge on any atom is -0.497 e. The highest BCUT2D eigenvalue weighted by Gasteiger charge is 2.18. The second-order valence-corrected chi connectivity index (χ2v) is 7.76. The lowest BCUT2D eigenvalue weighted by Crippen LogP contribution is -2.03. The number of methoxy groups -OCH3 is 1. The minimum absolute atomic E-state index is 0.627. The molecule has 0 bridgehead atoms. The van der Waals surface area contributed by atoms with Crippen LogP contribution in [0, 0.1) is 0 Å². The fourth-order valence-electron chi connectivity index (χ4n) is 3.79. The van der Waals surface area contributed by atoms with Crippen molar-refractivity contribution >= 4 is 28.5 Å². The molecule has 5 rings (SSSR count). The van der Waals surface area contributed by atoms with Gasteiger partial charge in [0.15, 0.2) is 5.65 Å². The van der Waals surface area contributed by atoms with Crippen molar-refractivity contribution in [3.05, 3.63) is 102 Å². The highest BCUT2D eigenvalue weighted by Crippen LogP contribution is 2.36. The van der Waals surface area contributed by atoms with Gasteiger partial charge in [0, 0.05) is 18.3 Å². The van der Waals surface area contributed by atoms with Gasteiger partial charge in [0.2, 0.25) is 0 Å². The van der Waals surface area contributed by atoms with Gasteiger partial charge >= 0.3 is 0 Å². The monoisotopic (exact) mass is 440 g/mol. The third-order valence-electron chi connectivity index (χ3n) is 5.40. The van der Waals surface area contributed by atoms with Gasteiger partial charge in [-0.3, -0.25) is 4.57 Å². The maximum atomic E-state index is 6.53. The number of hydrogen-bond acceptors (Lipinski definition) is 4. The molecule has 0 fully saturated rings. The number of halogens is 1. The van der Waals surface area contributed by atoms with Crippen LogP contribution in [0.3, 0.4) is 0 Å². The fourth-order valence-corrected chi connectivity index (χ4v) is 4.02. The lowest BCUT2D eigenvalue weighted by molar-refractivity contribution is 0.414. The Morgan fingerprint density at radius 1 is 0.906 bits per heavy atom. The SMILES string of the molecule is COc1ccc(CNc2ncnc3c2c(-c2ccccc2)cn3-c2ccccc2Cl)cc1. The van der Waals surface area contributed by atoms with Crippen LogP contribution < -0.4 is 10.1 Å². The molecule has 158 valence electrons. The number of ether oxygens (including phenoxy) is 1. The van der Waals surface area contributed by atoms with E-state index in [1.807, 2.05) is 71.3 Å². The van der Waals surface area contributed by atoms with Gasteiger partial charge in [0.05, 0.1) is 23.2 Å². The normalized spacial score (nSPS) is 10.9. The molecule has 0 spiro atoms. The maximum Gasteiger partial charge on any atom is 0.150 e. The van der Waals surface area contributed by atoms with Crippen LogP contribution in [0.1, 0.15) is 5.56 Å². The summed E-state index contributed by atoms with van der Waals surface area (Å²) in [6, 6.07) is 26.0. The number of benzene rings is 3. The summed E-state index contributed by atoms with van der Waals surface area (Å²) >= 11 is 6.53. The third kappa shape index (κ3) is 3.79. The number of nitrogens with zero attached hydrogens (tertiary/aromatic N) is 3. The average molecular weight is 441 g/mol. The summed E-state index contributed by atoms with van der Waals surface area (Å²) in [7, 11) is 1.67. The van der Waals surface area contributed by atoms with E-state index in [-0.39, 0.29) is 0 Å². The average Bonchev–Trinajstić information content (AvgIpc) is 3.24. The minimum atomic E-state index is 0.627. The van der Waals surface area contributed by atoms with Crippen molar-refractivity contribution in [3.63, 3.8) is 0 Å². The van der Waals surface area contributed by atoms with Gasteiger partial charge in [-0.15, -0.1) is 0 Å². The van der Waals surface area contributed by atoms with Gasteiger partial charge in [-0.2, -0.15) is 0 Å². The van der Waals surface area contributed by atoms with Gasteiger partial charge < -0.3 is 10.1 Å². The lowest BCUT2D eigenvalue weighted by atomic mass is 10.1. The molecule has 5 aromatic rings. The Morgan fingerprint density at radius 2 is 1.66 bits per heavy atom. The summed E-state index contributed by atoms with van der Waals surface area (Å²) in [5.74, 6) is 1.61. The van der Waals surface area contributed by atoms with Crippen LogP contribution in [0.25, 0.3) is 27.8 Å². The Labute approximate surface area is 191 Å². The quantitative estimate of drug-likeness (QED) is 0.333. The first-order valence-electron chi connectivity index (χ1n) is 10.3. The molecule has 5 nitrogen and oxygen atoms in total. The van der Waals surface area contributed by atoms with Gasteiger partial charge in [-0.05, 0) is 35.4 Å². The molecule has 2 aromatic heterocycles. The molecule has 1 N–H and O–H groups in total. The molecule has 0 aliphatic heterocycles. The standard InChI is InChI=1S/C26H21ClN4O/c1-32-20-13-11-18(12-14-20)15-28-25-24-21(19-7-3-2-4-8-19)16-31(26(24)30-17-29-25)23-10-6-5-9-22(23)27/h2-14,16-17H,15H2,1H3,(H,28,29,30). The van der Waals surface area contributed by atoms with Gasteiger partial charge in [0.25, 0.3) is 0 Å². The number of fused-ring (bicyclic) bond motifs is 1. The summed E-state index contributed by atoms with van der Waals surface area (Å²) in [4.78, 5) is 9.20. The molecular formula is C26H21ClN4O. The molecule has 0 saturated carbocycles. The van der Waals surface area contributed by atoms with E-state index < -0.39 is 0 Å². The second kappa shape index (κ2) is 8.73. The summed E-state index contributed by atoms with van der Waals surface area (Å²) < 4.78 is 7.28. The Hall–Kier alpha value is -3.83. The molecule has 6 heteroatoms. The molecule has 32 heavy (non-hydrogen) atoms. The maximum absolute atomic E-state index is 6.53. The van der Waals surface area contributed by atoms with Crippen LogP contribution in [0.15, 0.2) is 91.4 Å². The predicted octanol–water partition coefficient (Wildman–Crippen LogP) is 6.36. The van der Waals surface area contributed by atoms with Gasteiger partial charge in [0.1, 0.15) is 17.9 Å². The van der Waals surface area contributed by atoms with Crippen LogP contribution in [0.2, 0.25) is 5.02 Å². The number of nitrogens with one attached hydrogen (secondary N) is 1. The number of aromatic nitrogens is 3. The van der Waals surface area contributed by atoms with Crippen molar-refractivity contribution in [2.24, 2.45) is 0 Å². The molecular weight excluding hydrogens is 420 g/mol. The van der Waals surface area contributed by atoms with E-state index in [9.17, 15) is 0 Å². The molecule has 0 radical (unpaired) electrons. The first-order chi connectivity index (χ1) is 15.7. The molecule has 2 heterocycles. The number of para-hydroxylation sites is 1. The molecule has 0 saturated heterocycles. The topological polar surface area (TPSA) is 52.0 Å². The third-order valence-corrected chi connectivity index (χ3v) is 5.72. The largest absolute Gasteiger partial charge is 0.497 e. The van der Waals surface area contributed by atoms with Crippen LogP contribution in [0.4, 0.5) is 5.82 Å². The smallest absolute Gasteiger partial charge is 0.150 e. The predicted molar refractivity (Wildman–Crippen MR) is 130 cm³/mol. The summed E-state index contributed by atoms with van der Waals surface area (Å²) in [6.45, 7) is 0.627. The van der Waals surface area contributed by atoms with E-state index >= 15 is 0 Å². The molecule has 3 aromatic carbocycles. The van der Waals surface area contributed by atoms with Crippen molar-refractivity contribution in [3.8, 4) is 22.6 Å². The Bertz CT molecular complexity index is 1360. The lowest BCUT2D eigenvalue weighted by Gasteiger charge is -2.10. The van der Waals surface area contributed by atoms with Gasteiger partial charge in [-0.1, -0.05) is 66.2 Å². The van der Waals surface area contributed by atoms with Crippen LogP contribution >= 0.6 is 11.6 Å². The molecule has 0 unspecified atom stereocenters. The van der Waals surface area contributed by atoms with Crippen LogP contribution in [-0.4, -0.2) is 21.6 Å². The fraction of sp³-hybridized carbons (Fsp3) is 0.0769. The van der Waals surface area contributed by atoms with E-state index in [0.717, 1.165) is 45.0 Å². The van der Waals surface area contributed by atoms with Crippen molar-refractivity contribution in [1.82, 2.24) is 14.5 Å². The zero-order chi connectivity index (χ0) is 21.9. The van der Waals surface area contributed by atoms with Crippen LogP contribution in [0.5, 0.6) is 5.75 Å². The molecule has 0 aliphatic carbocycles. The van der Waals surface area contributed by atoms with E-state index in [4.69, 9.17) is 16.3 Å².